The molecule has 4 aromatic heterocycles. The van der Waals surface area contributed by atoms with Crippen molar-refractivity contribution in [3.63, 3.8) is 0 Å². The first kappa shape index (κ1) is 31.0. The lowest BCUT2D eigenvalue weighted by Crippen LogP contribution is -1.96. The van der Waals surface area contributed by atoms with E-state index in [-0.39, 0.29) is 0 Å². The average molecular weight is 724 g/mol. The van der Waals surface area contributed by atoms with E-state index in [9.17, 15) is 0 Å². The van der Waals surface area contributed by atoms with Crippen LogP contribution in [0.3, 0.4) is 0 Å². The van der Waals surface area contributed by atoms with Crippen LogP contribution in [0.25, 0.3) is 108 Å². The number of pyridine rings is 1. The molecular formula is C49H29N3S2. The van der Waals surface area contributed by atoms with Gasteiger partial charge in [-0.15, -0.1) is 22.7 Å². The Morgan fingerprint density at radius 1 is 0.333 bits per heavy atom. The van der Waals surface area contributed by atoms with E-state index in [0.29, 0.717) is 5.82 Å². The molecule has 0 fully saturated rings. The van der Waals surface area contributed by atoms with Crippen LogP contribution in [-0.4, -0.2) is 15.0 Å². The molecule has 5 heteroatoms. The monoisotopic (exact) mass is 723 g/mol. The number of rotatable bonds is 5. The Hall–Kier alpha value is -6.53. The third-order valence-electron chi connectivity index (χ3n) is 10.3. The summed E-state index contributed by atoms with van der Waals surface area (Å²) in [5.74, 6) is 0.701. The predicted molar refractivity (Wildman–Crippen MR) is 230 cm³/mol. The van der Waals surface area contributed by atoms with Crippen LogP contribution in [0.4, 0.5) is 0 Å². The van der Waals surface area contributed by atoms with E-state index in [0.717, 1.165) is 50.2 Å². The van der Waals surface area contributed by atoms with Gasteiger partial charge in [-0.1, -0.05) is 152 Å². The summed E-state index contributed by atoms with van der Waals surface area (Å²) in [6.45, 7) is 0. The molecule has 0 spiro atoms. The van der Waals surface area contributed by atoms with Gasteiger partial charge in [0.2, 0.25) is 0 Å². The summed E-state index contributed by atoms with van der Waals surface area (Å²) in [4.78, 5) is 15.6. The maximum atomic E-state index is 5.32. The summed E-state index contributed by atoms with van der Waals surface area (Å²) >= 11 is 3.67. The first-order valence-electron chi connectivity index (χ1n) is 18.0. The number of aromatic nitrogens is 3. The van der Waals surface area contributed by atoms with Crippen molar-refractivity contribution in [2.24, 2.45) is 0 Å². The lowest BCUT2D eigenvalue weighted by Gasteiger charge is -2.12. The maximum Gasteiger partial charge on any atom is 0.160 e. The zero-order chi connectivity index (χ0) is 35.6. The van der Waals surface area contributed by atoms with Gasteiger partial charge in [0.25, 0.3) is 0 Å². The molecule has 0 atom stereocenters. The molecule has 0 aliphatic heterocycles. The molecule has 11 rings (SSSR count). The van der Waals surface area contributed by atoms with Gasteiger partial charge in [0, 0.05) is 63.3 Å². The fraction of sp³-hybridized carbons (Fsp3) is 0. The van der Waals surface area contributed by atoms with Crippen molar-refractivity contribution in [3.8, 4) is 56.3 Å². The van der Waals surface area contributed by atoms with Crippen LogP contribution in [0.5, 0.6) is 0 Å². The Kier molecular flexibility index (Phi) is 7.22. The topological polar surface area (TPSA) is 38.7 Å². The predicted octanol–water partition coefficient (Wildman–Crippen LogP) is 14.1. The first-order chi connectivity index (χ1) is 26.7. The number of hydrogen-bond donors (Lipinski definition) is 0. The van der Waals surface area contributed by atoms with Crippen molar-refractivity contribution in [2.45, 2.75) is 0 Å². The normalized spacial score (nSPS) is 11.7. The maximum absolute atomic E-state index is 5.32. The molecular weight excluding hydrogens is 695 g/mol. The van der Waals surface area contributed by atoms with Gasteiger partial charge in [0.1, 0.15) is 0 Å². The third-order valence-corrected chi connectivity index (χ3v) is 12.7. The molecule has 7 aromatic carbocycles. The van der Waals surface area contributed by atoms with E-state index in [2.05, 4.69) is 158 Å². The van der Waals surface area contributed by atoms with Crippen LogP contribution in [0.1, 0.15) is 0 Å². The molecule has 0 radical (unpaired) electrons. The summed E-state index contributed by atoms with van der Waals surface area (Å²) in [5, 5.41) is 6.20. The van der Waals surface area contributed by atoms with E-state index in [1.165, 1.54) is 51.5 Å². The number of nitrogens with zero attached hydrogens (tertiary/aromatic N) is 3. The summed E-state index contributed by atoms with van der Waals surface area (Å²) in [5.41, 5.74) is 10.4. The molecule has 0 unspecified atom stereocenters. The Bertz CT molecular complexity index is 3210. The van der Waals surface area contributed by atoms with Gasteiger partial charge in [-0.05, 0) is 35.4 Å². The fourth-order valence-corrected chi connectivity index (χ4v) is 10.1. The van der Waals surface area contributed by atoms with Crippen molar-refractivity contribution in [1.29, 1.82) is 0 Å². The van der Waals surface area contributed by atoms with Crippen LogP contribution in [0.15, 0.2) is 176 Å². The average Bonchev–Trinajstić information content (AvgIpc) is 3.82. The molecule has 0 aliphatic rings. The molecule has 0 saturated heterocycles. The van der Waals surface area contributed by atoms with Crippen LogP contribution in [-0.2, 0) is 0 Å². The first-order valence-corrected chi connectivity index (χ1v) is 19.6. The zero-order valence-corrected chi connectivity index (χ0v) is 30.5. The van der Waals surface area contributed by atoms with Gasteiger partial charge in [-0.25, -0.2) is 15.0 Å². The van der Waals surface area contributed by atoms with Crippen molar-refractivity contribution in [3.05, 3.63) is 176 Å². The Morgan fingerprint density at radius 2 is 0.889 bits per heavy atom. The van der Waals surface area contributed by atoms with Crippen LogP contribution >= 0.6 is 22.7 Å². The van der Waals surface area contributed by atoms with Crippen molar-refractivity contribution < 1.29 is 0 Å². The summed E-state index contributed by atoms with van der Waals surface area (Å²) in [6, 6.07) is 62.3. The molecule has 0 N–H and O–H groups in total. The minimum atomic E-state index is 0.701. The van der Waals surface area contributed by atoms with E-state index < -0.39 is 0 Å². The lowest BCUT2D eigenvalue weighted by molar-refractivity contribution is 1.18. The van der Waals surface area contributed by atoms with Gasteiger partial charge in [-0.2, -0.15) is 0 Å². The smallest absolute Gasteiger partial charge is 0.160 e. The molecule has 0 saturated carbocycles. The molecule has 3 nitrogen and oxygen atoms in total. The highest BCUT2D eigenvalue weighted by Gasteiger charge is 2.17. The van der Waals surface area contributed by atoms with Gasteiger partial charge in [0.05, 0.1) is 27.3 Å². The quantitative estimate of drug-likeness (QED) is 0.177. The minimum Gasteiger partial charge on any atom is -0.246 e. The van der Waals surface area contributed by atoms with E-state index in [1.807, 2.05) is 40.9 Å². The SMILES string of the molecule is c1ccc(-c2nc(-c3ccc(-c4nc5c6ccccc6sc5c5ccccc45)cc3)cc(-c3cccc(-c4cccc5c4sc4ccccc45)c3)n2)cc1. The van der Waals surface area contributed by atoms with Crippen LogP contribution in [0.2, 0.25) is 0 Å². The fourth-order valence-electron chi connectivity index (χ4n) is 7.68. The second-order valence-electron chi connectivity index (χ2n) is 13.5. The highest BCUT2D eigenvalue weighted by molar-refractivity contribution is 7.27. The molecule has 0 amide bonds. The number of fused-ring (bicyclic) bond motifs is 8. The summed E-state index contributed by atoms with van der Waals surface area (Å²) < 4.78 is 5.10. The highest BCUT2D eigenvalue weighted by atomic mass is 32.1. The van der Waals surface area contributed by atoms with Crippen LogP contribution < -0.4 is 0 Å². The largest absolute Gasteiger partial charge is 0.246 e. The Morgan fingerprint density at radius 3 is 1.70 bits per heavy atom. The van der Waals surface area contributed by atoms with E-state index in [4.69, 9.17) is 15.0 Å². The van der Waals surface area contributed by atoms with Crippen molar-refractivity contribution in [1.82, 2.24) is 15.0 Å². The van der Waals surface area contributed by atoms with E-state index >= 15 is 0 Å². The number of thiophene rings is 2. The standard InChI is InChI=1S/C49H29N3S2/c1-2-12-32(13-3-1)49-50-41(29-42(51-49)34-15-10-14-33(28-34)35-20-11-21-38-36-16-6-8-22-43(36)53-47(35)38)30-24-26-31(27-25-30)45-37-17-4-5-18-39(37)48-46(52-45)40-19-7-9-23-44(40)54-48/h1-29H. The lowest BCUT2D eigenvalue weighted by atomic mass is 9.98. The van der Waals surface area contributed by atoms with Crippen molar-refractivity contribution >= 4 is 73.9 Å². The minimum absolute atomic E-state index is 0.701. The molecule has 54 heavy (non-hydrogen) atoms. The molecule has 0 bridgehead atoms. The molecule has 0 aliphatic carbocycles. The van der Waals surface area contributed by atoms with E-state index in [1.54, 1.807) is 0 Å². The molecule has 252 valence electrons. The number of benzene rings is 7. The van der Waals surface area contributed by atoms with Crippen molar-refractivity contribution in [2.75, 3.05) is 0 Å². The van der Waals surface area contributed by atoms with Gasteiger partial charge >= 0.3 is 0 Å². The highest BCUT2D eigenvalue weighted by Crippen LogP contribution is 2.42. The second kappa shape index (κ2) is 12.6. The van der Waals surface area contributed by atoms with Crippen LogP contribution in [0, 0.1) is 0 Å². The second-order valence-corrected chi connectivity index (χ2v) is 15.7. The zero-order valence-electron chi connectivity index (χ0n) is 28.9. The van der Waals surface area contributed by atoms with Gasteiger partial charge in [-0.3, -0.25) is 0 Å². The summed E-state index contributed by atoms with van der Waals surface area (Å²) in [6.07, 6.45) is 0. The Labute approximate surface area is 319 Å². The van der Waals surface area contributed by atoms with Gasteiger partial charge < -0.3 is 0 Å². The summed E-state index contributed by atoms with van der Waals surface area (Å²) in [7, 11) is 0. The molecule has 11 aromatic rings. The third kappa shape index (κ3) is 5.12. The number of hydrogen-bond acceptors (Lipinski definition) is 5. The molecule has 4 heterocycles. The Balaban J connectivity index is 1.03. The van der Waals surface area contributed by atoms with Gasteiger partial charge in [0.15, 0.2) is 5.82 Å².